The van der Waals surface area contributed by atoms with Crippen molar-refractivity contribution in [1.29, 1.82) is 0 Å². The van der Waals surface area contributed by atoms with Crippen LogP contribution in [0.3, 0.4) is 0 Å². The summed E-state index contributed by atoms with van der Waals surface area (Å²) in [5, 5.41) is 3.51. The molecule has 2 aromatic rings. The van der Waals surface area contributed by atoms with Crippen molar-refractivity contribution in [3.05, 3.63) is 26.6 Å². The van der Waals surface area contributed by atoms with Crippen LogP contribution in [0, 0.1) is 6.92 Å². The zero-order valence-corrected chi connectivity index (χ0v) is 14.0. The van der Waals surface area contributed by atoms with Crippen LogP contribution in [-0.4, -0.2) is 21.5 Å². The number of carbonyl (C=O) groups is 1. The van der Waals surface area contributed by atoms with E-state index in [0.717, 1.165) is 43.6 Å². The third-order valence-corrected chi connectivity index (χ3v) is 5.22. The standard InChI is InChI=1S/C16H21N3O2S/c1-9(2)17-14(20)13-10(3)12-15(22-13)18-11-7-5-4-6-8-19(11)16(12)21/h9H,4-8H2,1-3H3,(H,17,20). The van der Waals surface area contributed by atoms with Crippen LogP contribution in [0.5, 0.6) is 0 Å². The highest BCUT2D eigenvalue weighted by molar-refractivity contribution is 7.20. The normalized spacial score (nSPS) is 14.9. The van der Waals surface area contributed by atoms with Crippen LogP contribution >= 0.6 is 11.3 Å². The Kier molecular flexibility index (Phi) is 4.04. The molecule has 3 heterocycles. The lowest BCUT2D eigenvalue weighted by Gasteiger charge is -2.08. The molecule has 0 saturated heterocycles. The lowest BCUT2D eigenvalue weighted by atomic mass is 10.2. The fraction of sp³-hybridized carbons (Fsp3) is 0.562. The Labute approximate surface area is 133 Å². The Morgan fingerprint density at radius 2 is 2.09 bits per heavy atom. The summed E-state index contributed by atoms with van der Waals surface area (Å²) in [6.07, 6.45) is 4.07. The molecule has 2 aromatic heterocycles. The molecule has 0 aromatic carbocycles. The molecule has 118 valence electrons. The Bertz CT molecular complexity index is 789. The van der Waals surface area contributed by atoms with Crippen LogP contribution in [0.1, 0.15) is 54.2 Å². The average molecular weight is 319 g/mol. The zero-order chi connectivity index (χ0) is 15.9. The fourth-order valence-electron chi connectivity index (χ4n) is 2.95. The molecule has 0 atom stereocenters. The number of rotatable bonds is 2. The quantitative estimate of drug-likeness (QED) is 0.925. The van der Waals surface area contributed by atoms with E-state index in [2.05, 4.69) is 10.3 Å². The highest BCUT2D eigenvalue weighted by atomic mass is 32.1. The van der Waals surface area contributed by atoms with E-state index in [4.69, 9.17) is 0 Å². The maximum atomic E-state index is 12.8. The fourth-order valence-corrected chi connectivity index (χ4v) is 4.05. The van der Waals surface area contributed by atoms with Gasteiger partial charge in [-0.2, -0.15) is 0 Å². The topological polar surface area (TPSA) is 64.0 Å². The van der Waals surface area contributed by atoms with Gasteiger partial charge in [0.1, 0.15) is 10.7 Å². The summed E-state index contributed by atoms with van der Waals surface area (Å²) in [5.74, 6) is 0.752. The lowest BCUT2D eigenvalue weighted by molar-refractivity contribution is 0.0947. The number of aryl methyl sites for hydroxylation is 2. The van der Waals surface area contributed by atoms with E-state index in [1.165, 1.54) is 11.3 Å². The molecule has 1 aliphatic rings. The number of fused-ring (bicyclic) bond motifs is 2. The maximum absolute atomic E-state index is 12.8. The van der Waals surface area contributed by atoms with E-state index in [-0.39, 0.29) is 17.5 Å². The van der Waals surface area contributed by atoms with E-state index in [1.807, 2.05) is 20.8 Å². The van der Waals surface area contributed by atoms with E-state index in [1.54, 1.807) is 4.57 Å². The minimum atomic E-state index is -0.116. The number of nitrogens with one attached hydrogen (secondary N) is 1. The Balaban J connectivity index is 2.17. The van der Waals surface area contributed by atoms with Gasteiger partial charge >= 0.3 is 0 Å². The number of hydrogen-bond acceptors (Lipinski definition) is 4. The second-order valence-electron chi connectivity index (χ2n) is 6.16. The molecule has 0 unspecified atom stereocenters. The summed E-state index contributed by atoms with van der Waals surface area (Å²) in [7, 11) is 0. The molecule has 1 amide bonds. The molecule has 5 nitrogen and oxygen atoms in total. The van der Waals surface area contributed by atoms with Gasteiger partial charge in [-0.15, -0.1) is 11.3 Å². The Morgan fingerprint density at radius 1 is 1.32 bits per heavy atom. The van der Waals surface area contributed by atoms with E-state index < -0.39 is 0 Å². The molecule has 3 rings (SSSR count). The van der Waals surface area contributed by atoms with Gasteiger partial charge in [0.15, 0.2) is 0 Å². The monoisotopic (exact) mass is 319 g/mol. The first kappa shape index (κ1) is 15.2. The second kappa shape index (κ2) is 5.83. The third kappa shape index (κ3) is 2.56. The highest BCUT2D eigenvalue weighted by Gasteiger charge is 2.22. The average Bonchev–Trinajstić information content (AvgIpc) is 2.63. The molecule has 0 bridgehead atoms. The van der Waals surface area contributed by atoms with Gasteiger partial charge in [0.25, 0.3) is 11.5 Å². The summed E-state index contributed by atoms with van der Waals surface area (Å²) in [4.78, 5) is 31.1. The summed E-state index contributed by atoms with van der Waals surface area (Å²) >= 11 is 1.33. The predicted molar refractivity (Wildman–Crippen MR) is 88.8 cm³/mol. The number of thiophene rings is 1. The molecule has 6 heteroatoms. The number of hydrogen-bond donors (Lipinski definition) is 1. The Morgan fingerprint density at radius 3 is 2.82 bits per heavy atom. The van der Waals surface area contributed by atoms with Gasteiger partial charge in [-0.1, -0.05) is 6.42 Å². The summed E-state index contributed by atoms with van der Waals surface area (Å²) in [6.45, 7) is 6.44. The van der Waals surface area contributed by atoms with Crippen molar-refractivity contribution < 1.29 is 4.79 Å². The first-order valence-electron chi connectivity index (χ1n) is 7.82. The van der Waals surface area contributed by atoms with E-state index in [0.29, 0.717) is 15.1 Å². The van der Waals surface area contributed by atoms with Gasteiger partial charge in [-0.3, -0.25) is 14.2 Å². The van der Waals surface area contributed by atoms with Gasteiger partial charge in [0.05, 0.1) is 10.3 Å². The van der Waals surface area contributed by atoms with Crippen molar-refractivity contribution in [3.8, 4) is 0 Å². The van der Waals surface area contributed by atoms with Crippen molar-refractivity contribution in [2.75, 3.05) is 0 Å². The summed E-state index contributed by atoms with van der Waals surface area (Å²) in [6, 6.07) is 0.0721. The van der Waals surface area contributed by atoms with Crippen LogP contribution < -0.4 is 10.9 Å². The van der Waals surface area contributed by atoms with Crippen LogP contribution in [0.25, 0.3) is 10.2 Å². The molecule has 1 N–H and O–H groups in total. The van der Waals surface area contributed by atoms with Crippen molar-refractivity contribution in [2.45, 2.75) is 59.0 Å². The maximum Gasteiger partial charge on any atom is 0.262 e. The third-order valence-electron chi connectivity index (χ3n) is 4.04. The molecular formula is C16H21N3O2S. The van der Waals surface area contributed by atoms with Crippen LogP contribution in [0.4, 0.5) is 0 Å². The zero-order valence-electron chi connectivity index (χ0n) is 13.2. The van der Waals surface area contributed by atoms with Crippen molar-refractivity contribution in [1.82, 2.24) is 14.9 Å². The van der Waals surface area contributed by atoms with Gasteiger partial charge in [-0.25, -0.2) is 4.98 Å². The van der Waals surface area contributed by atoms with Crippen LogP contribution in [0.15, 0.2) is 4.79 Å². The summed E-state index contributed by atoms with van der Waals surface area (Å²) in [5.41, 5.74) is 0.773. The van der Waals surface area contributed by atoms with Crippen molar-refractivity contribution in [3.63, 3.8) is 0 Å². The van der Waals surface area contributed by atoms with Gasteiger partial charge in [0.2, 0.25) is 0 Å². The largest absolute Gasteiger partial charge is 0.349 e. The first-order chi connectivity index (χ1) is 10.5. The van der Waals surface area contributed by atoms with Gasteiger partial charge < -0.3 is 5.32 Å². The second-order valence-corrected chi connectivity index (χ2v) is 7.16. The molecule has 22 heavy (non-hydrogen) atoms. The van der Waals surface area contributed by atoms with E-state index >= 15 is 0 Å². The van der Waals surface area contributed by atoms with Crippen molar-refractivity contribution >= 4 is 27.5 Å². The number of aromatic nitrogens is 2. The van der Waals surface area contributed by atoms with Crippen LogP contribution in [-0.2, 0) is 13.0 Å². The minimum Gasteiger partial charge on any atom is -0.349 e. The summed E-state index contributed by atoms with van der Waals surface area (Å²) < 4.78 is 1.80. The van der Waals surface area contributed by atoms with Gasteiger partial charge in [0, 0.05) is 19.0 Å². The molecule has 0 radical (unpaired) electrons. The molecular weight excluding hydrogens is 298 g/mol. The molecule has 0 aliphatic carbocycles. The van der Waals surface area contributed by atoms with Gasteiger partial charge in [-0.05, 0) is 39.2 Å². The molecule has 0 spiro atoms. The Hall–Kier alpha value is -1.69. The minimum absolute atomic E-state index is 0.0132. The highest BCUT2D eigenvalue weighted by Crippen LogP contribution is 2.28. The van der Waals surface area contributed by atoms with Crippen molar-refractivity contribution in [2.24, 2.45) is 0 Å². The lowest BCUT2D eigenvalue weighted by Crippen LogP contribution is -2.30. The molecule has 0 fully saturated rings. The molecule has 0 saturated carbocycles. The SMILES string of the molecule is Cc1c(C(=O)NC(C)C)sc2nc3n(c(=O)c12)CCCCC3. The van der Waals surface area contributed by atoms with E-state index in [9.17, 15) is 9.59 Å². The number of amides is 1. The molecule has 1 aliphatic heterocycles. The predicted octanol–water partition coefficient (Wildman–Crippen LogP) is 2.63. The van der Waals surface area contributed by atoms with Crippen LogP contribution in [0.2, 0.25) is 0 Å². The first-order valence-corrected chi connectivity index (χ1v) is 8.64. The number of nitrogens with zero attached hydrogens (tertiary/aromatic N) is 2. The smallest absolute Gasteiger partial charge is 0.262 e. The number of carbonyl (C=O) groups excluding carboxylic acids is 1.